The number of carboxylic acid groups (broad SMARTS) is 1. The van der Waals surface area contributed by atoms with Crippen LogP contribution in [0.4, 0.5) is 15.3 Å². The molecular weight excluding hydrogens is 570 g/mol. The second-order valence-corrected chi connectivity index (χ2v) is 9.94. The van der Waals surface area contributed by atoms with Gasteiger partial charge in [0.25, 0.3) is 0 Å². The lowest BCUT2D eigenvalue weighted by atomic mass is 10.0. The molecule has 3 aromatic rings. The molecule has 3 heterocycles. The van der Waals surface area contributed by atoms with Gasteiger partial charge in [-0.15, -0.1) is 21.5 Å². The SMILES string of the molecule is Cc1c(Cl)nnc2c1CCCN2c1nc(C(=O)O)c(CCCOc2ccc(I)cc2F)s1. The molecule has 0 saturated carbocycles. The number of benzene rings is 1. The lowest BCUT2D eigenvalue weighted by molar-refractivity contribution is 0.0690. The Morgan fingerprint density at radius 3 is 2.97 bits per heavy atom. The van der Waals surface area contributed by atoms with Crippen LogP contribution >= 0.6 is 45.5 Å². The maximum Gasteiger partial charge on any atom is 0.355 e. The summed E-state index contributed by atoms with van der Waals surface area (Å²) in [7, 11) is 0. The quantitative estimate of drug-likeness (QED) is 0.291. The summed E-state index contributed by atoms with van der Waals surface area (Å²) < 4.78 is 20.2. The topological polar surface area (TPSA) is 88.4 Å². The molecule has 1 aliphatic heterocycles. The highest BCUT2D eigenvalue weighted by molar-refractivity contribution is 14.1. The summed E-state index contributed by atoms with van der Waals surface area (Å²) in [5, 5.41) is 18.9. The van der Waals surface area contributed by atoms with Crippen LogP contribution in [0.2, 0.25) is 5.15 Å². The minimum absolute atomic E-state index is 0.0243. The molecule has 0 spiro atoms. The van der Waals surface area contributed by atoms with Gasteiger partial charge in [0.1, 0.15) is 0 Å². The van der Waals surface area contributed by atoms with Crippen molar-refractivity contribution in [3.8, 4) is 5.75 Å². The van der Waals surface area contributed by atoms with Crippen molar-refractivity contribution in [1.82, 2.24) is 15.2 Å². The zero-order valence-electron chi connectivity index (χ0n) is 17.1. The highest BCUT2D eigenvalue weighted by Gasteiger charge is 2.27. The Morgan fingerprint density at radius 1 is 1.41 bits per heavy atom. The molecule has 2 aromatic heterocycles. The van der Waals surface area contributed by atoms with Crippen LogP contribution in [0.25, 0.3) is 0 Å². The summed E-state index contributed by atoms with van der Waals surface area (Å²) in [6, 6.07) is 4.76. The van der Waals surface area contributed by atoms with Gasteiger partial charge in [0, 0.05) is 20.6 Å². The average molecular weight is 589 g/mol. The summed E-state index contributed by atoms with van der Waals surface area (Å²) in [5.41, 5.74) is 1.92. The van der Waals surface area contributed by atoms with Crippen molar-refractivity contribution in [2.75, 3.05) is 18.1 Å². The number of ether oxygens (including phenoxy) is 1. The van der Waals surface area contributed by atoms with Gasteiger partial charge >= 0.3 is 5.97 Å². The summed E-state index contributed by atoms with van der Waals surface area (Å²) in [5.74, 6) is -0.634. The first-order valence-corrected chi connectivity index (χ1v) is 12.2. The predicted molar refractivity (Wildman–Crippen MR) is 129 cm³/mol. The third-order valence-corrected chi connectivity index (χ3v) is 7.32. The molecule has 168 valence electrons. The molecular formula is C21H19ClFIN4O3S. The van der Waals surface area contributed by atoms with E-state index in [4.69, 9.17) is 16.3 Å². The molecule has 4 rings (SSSR count). The van der Waals surface area contributed by atoms with Gasteiger partial charge in [-0.3, -0.25) is 0 Å². The number of aryl methyl sites for hydroxylation is 1. The van der Waals surface area contributed by atoms with Gasteiger partial charge in [0.05, 0.1) is 6.61 Å². The van der Waals surface area contributed by atoms with Crippen LogP contribution in [0.5, 0.6) is 5.75 Å². The van der Waals surface area contributed by atoms with E-state index >= 15 is 0 Å². The van der Waals surface area contributed by atoms with Gasteiger partial charge in [0.15, 0.2) is 33.4 Å². The standard InChI is InChI=1S/C21H19ClFIN4O3S/c1-11-13-4-2-8-28(19(13)27-26-18(11)22)21-25-17(20(29)30)16(32-21)5-3-9-31-15-7-6-12(24)10-14(15)23/h6-7,10H,2-5,8-9H2,1H3,(H,29,30). The van der Waals surface area contributed by atoms with E-state index in [9.17, 15) is 14.3 Å². The van der Waals surface area contributed by atoms with E-state index in [2.05, 4.69) is 15.2 Å². The van der Waals surface area contributed by atoms with Crippen molar-refractivity contribution in [3.63, 3.8) is 0 Å². The molecule has 11 heteroatoms. The summed E-state index contributed by atoms with van der Waals surface area (Å²) in [6.07, 6.45) is 2.70. The number of carbonyl (C=O) groups is 1. The number of carboxylic acids is 1. The van der Waals surface area contributed by atoms with Crippen LogP contribution < -0.4 is 9.64 Å². The van der Waals surface area contributed by atoms with E-state index in [1.165, 1.54) is 17.4 Å². The Labute approximate surface area is 206 Å². The maximum atomic E-state index is 13.9. The number of hydrogen-bond donors (Lipinski definition) is 1. The second kappa shape index (κ2) is 9.84. The minimum Gasteiger partial charge on any atom is -0.491 e. The highest BCUT2D eigenvalue weighted by atomic mass is 127. The molecule has 0 amide bonds. The smallest absolute Gasteiger partial charge is 0.355 e. The number of aromatic carboxylic acids is 1. The maximum absolute atomic E-state index is 13.9. The van der Waals surface area contributed by atoms with Gasteiger partial charge in [0.2, 0.25) is 0 Å². The van der Waals surface area contributed by atoms with E-state index in [1.807, 2.05) is 34.4 Å². The van der Waals surface area contributed by atoms with E-state index in [-0.39, 0.29) is 18.1 Å². The van der Waals surface area contributed by atoms with Gasteiger partial charge in [-0.25, -0.2) is 14.2 Å². The molecule has 32 heavy (non-hydrogen) atoms. The Morgan fingerprint density at radius 2 is 2.22 bits per heavy atom. The van der Waals surface area contributed by atoms with E-state index < -0.39 is 11.8 Å². The molecule has 0 radical (unpaired) electrons. The predicted octanol–water partition coefficient (Wildman–Crippen LogP) is 5.43. The third-order valence-electron chi connectivity index (χ3n) is 5.15. The van der Waals surface area contributed by atoms with Crippen molar-refractivity contribution >= 4 is 62.4 Å². The number of anilines is 2. The second-order valence-electron chi connectivity index (χ2n) is 7.27. The van der Waals surface area contributed by atoms with Crippen molar-refractivity contribution < 1.29 is 19.0 Å². The largest absolute Gasteiger partial charge is 0.491 e. The van der Waals surface area contributed by atoms with Crippen LogP contribution in [-0.4, -0.2) is 39.4 Å². The molecule has 1 aromatic carbocycles. The summed E-state index contributed by atoms with van der Waals surface area (Å²) >= 11 is 9.48. The van der Waals surface area contributed by atoms with Gasteiger partial charge in [-0.1, -0.05) is 11.6 Å². The van der Waals surface area contributed by atoms with Crippen molar-refractivity contribution in [3.05, 3.63) is 54.4 Å². The fourth-order valence-electron chi connectivity index (χ4n) is 3.54. The van der Waals surface area contributed by atoms with Crippen LogP contribution in [0, 0.1) is 16.3 Å². The highest BCUT2D eigenvalue weighted by Crippen LogP contribution is 2.38. The number of fused-ring (bicyclic) bond motifs is 1. The molecule has 1 aliphatic rings. The number of thiazole rings is 1. The molecule has 0 bridgehead atoms. The number of halogens is 3. The zero-order valence-corrected chi connectivity index (χ0v) is 20.8. The normalized spacial score (nSPS) is 13.2. The molecule has 0 aliphatic carbocycles. The van der Waals surface area contributed by atoms with Crippen molar-refractivity contribution in [1.29, 1.82) is 0 Å². The fraction of sp³-hybridized carbons (Fsp3) is 0.333. The summed E-state index contributed by atoms with van der Waals surface area (Å²) in [6.45, 7) is 2.84. The van der Waals surface area contributed by atoms with Gasteiger partial charge < -0.3 is 14.7 Å². The van der Waals surface area contributed by atoms with Crippen LogP contribution in [0.3, 0.4) is 0 Å². The molecule has 0 saturated heterocycles. The first-order chi connectivity index (χ1) is 15.3. The first kappa shape index (κ1) is 23.1. The Balaban J connectivity index is 1.50. The number of aromatic nitrogens is 3. The number of nitrogens with zero attached hydrogens (tertiary/aromatic N) is 4. The monoisotopic (exact) mass is 588 g/mol. The Bertz CT molecular complexity index is 1180. The molecule has 1 N–H and O–H groups in total. The van der Waals surface area contributed by atoms with E-state index in [0.717, 1.165) is 27.5 Å². The zero-order chi connectivity index (χ0) is 22.8. The fourth-order valence-corrected chi connectivity index (χ4v) is 5.27. The van der Waals surface area contributed by atoms with E-state index in [0.29, 0.717) is 40.4 Å². The Hall–Kier alpha value is -2.05. The minimum atomic E-state index is -1.08. The molecule has 0 unspecified atom stereocenters. The van der Waals surface area contributed by atoms with Gasteiger partial charge in [-0.2, -0.15) is 0 Å². The molecule has 7 nitrogen and oxygen atoms in total. The molecule has 0 atom stereocenters. The third kappa shape index (κ3) is 4.81. The van der Waals surface area contributed by atoms with Crippen LogP contribution in [-0.2, 0) is 12.8 Å². The average Bonchev–Trinajstić information content (AvgIpc) is 3.19. The van der Waals surface area contributed by atoms with Crippen molar-refractivity contribution in [2.45, 2.75) is 32.6 Å². The van der Waals surface area contributed by atoms with Gasteiger partial charge in [-0.05, 0) is 79.0 Å². The number of hydrogen-bond acceptors (Lipinski definition) is 7. The number of rotatable bonds is 7. The molecule has 0 fully saturated rings. The lowest BCUT2D eigenvalue weighted by Crippen LogP contribution is -2.27. The van der Waals surface area contributed by atoms with Crippen LogP contribution in [0.1, 0.15) is 39.3 Å². The lowest BCUT2D eigenvalue weighted by Gasteiger charge is -2.28. The Kier molecular flexibility index (Phi) is 7.11. The van der Waals surface area contributed by atoms with Crippen molar-refractivity contribution in [2.24, 2.45) is 0 Å². The van der Waals surface area contributed by atoms with Crippen LogP contribution in [0.15, 0.2) is 18.2 Å². The van der Waals surface area contributed by atoms with E-state index in [1.54, 1.807) is 12.1 Å². The summed E-state index contributed by atoms with van der Waals surface area (Å²) in [4.78, 5) is 18.7. The first-order valence-electron chi connectivity index (χ1n) is 9.95.